The minimum Gasteiger partial charge on any atom is -0.439 e. The van der Waals surface area contributed by atoms with E-state index in [4.69, 9.17) is 4.42 Å². The van der Waals surface area contributed by atoms with Gasteiger partial charge in [0.1, 0.15) is 5.52 Å². The zero-order valence-electron chi connectivity index (χ0n) is 12.8. The average molecular weight is 328 g/mol. The third-order valence-electron chi connectivity index (χ3n) is 4.32. The molecule has 2 atom stereocenters. The van der Waals surface area contributed by atoms with Crippen molar-refractivity contribution in [3.05, 3.63) is 29.7 Å². The number of rotatable bonds is 3. The van der Waals surface area contributed by atoms with E-state index < -0.39 is 17.8 Å². The van der Waals surface area contributed by atoms with Crippen LogP contribution in [-0.2, 0) is 12.7 Å². The quantitative estimate of drug-likeness (QED) is 0.935. The lowest BCUT2D eigenvalue weighted by atomic mass is 9.98. The summed E-state index contributed by atoms with van der Waals surface area (Å²) in [6.07, 6.45) is -1.86. The van der Waals surface area contributed by atoms with Gasteiger partial charge in [-0.2, -0.15) is 13.2 Å². The summed E-state index contributed by atoms with van der Waals surface area (Å²) in [6, 6.07) is 3.34. The van der Waals surface area contributed by atoms with Gasteiger partial charge < -0.3 is 9.52 Å². The second-order valence-corrected chi connectivity index (χ2v) is 6.06. The fraction of sp³-hybridized carbons (Fsp3) is 0.562. The Morgan fingerprint density at radius 2 is 2.17 bits per heavy atom. The summed E-state index contributed by atoms with van der Waals surface area (Å²) in [5.74, 6) is 0.381. The minimum absolute atomic E-state index is 0.0319. The van der Waals surface area contributed by atoms with Crippen LogP contribution in [0.2, 0.25) is 0 Å². The summed E-state index contributed by atoms with van der Waals surface area (Å²) >= 11 is 0. The summed E-state index contributed by atoms with van der Waals surface area (Å²) in [4.78, 5) is 6.27. The number of halogens is 3. The van der Waals surface area contributed by atoms with Crippen molar-refractivity contribution in [2.45, 2.75) is 51.1 Å². The highest BCUT2D eigenvalue weighted by Gasteiger charge is 2.31. The first-order chi connectivity index (χ1) is 10.8. The molecular weight excluding hydrogens is 309 g/mol. The van der Waals surface area contributed by atoms with Gasteiger partial charge in [-0.05, 0) is 44.5 Å². The number of alkyl halides is 3. The fourth-order valence-corrected chi connectivity index (χ4v) is 3.15. The molecule has 0 spiro atoms. The molecule has 126 valence electrons. The van der Waals surface area contributed by atoms with Crippen molar-refractivity contribution in [1.29, 1.82) is 0 Å². The lowest BCUT2D eigenvalue weighted by molar-refractivity contribution is -0.137. The first-order valence-corrected chi connectivity index (χ1v) is 7.73. The van der Waals surface area contributed by atoms with Crippen LogP contribution in [0.3, 0.4) is 0 Å². The Hall–Kier alpha value is -1.60. The van der Waals surface area contributed by atoms with Crippen LogP contribution in [0.1, 0.15) is 37.6 Å². The maximum atomic E-state index is 12.7. The van der Waals surface area contributed by atoms with Gasteiger partial charge in [-0.25, -0.2) is 4.98 Å². The second kappa shape index (κ2) is 6.13. The molecular formula is C16H19F3N2O2. The molecule has 2 unspecified atom stereocenters. The number of benzene rings is 1. The molecule has 7 heteroatoms. The van der Waals surface area contributed by atoms with Crippen LogP contribution in [0.25, 0.3) is 11.1 Å². The zero-order chi connectivity index (χ0) is 16.6. The van der Waals surface area contributed by atoms with Crippen LogP contribution in [0.15, 0.2) is 22.6 Å². The Balaban J connectivity index is 1.83. The van der Waals surface area contributed by atoms with Crippen LogP contribution in [0.4, 0.5) is 13.2 Å². The molecule has 0 radical (unpaired) electrons. The highest BCUT2D eigenvalue weighted by Crippen LogP contribution is 2.32. The molecule has 0 saturated carbocycles. The summed E-state index contributed by atoms with van der Waals surface area (Å²) in [6.45, 7) is 2.97. The maximum Gasteiger partial charge on any atom is 0.416 e. The molecule has 1 aromatic heterocycles. The number of aromatic nitrogens is 1. The van der Waals surface area contributed by atoms with E-state index in [1.807, 2.05) is 0 Å². The lowest BCUT2D eigenvalue weighted by Crippen LogP contribution is -2.45. The van der Waals surface area contributed by atoms with Crippen molar-refractivity contribution in [2.75, 3.05) is 6.54 Å². The van der Waals surface area contributed by atoms with Crippen LogP contribution in [-0.4, -0.2) is 33.7 Å². The number of oxazole rings is 1. The average Bonchev–Trinajstić information content (AvgIpc) is 2.87. The van der Waals surface area contributed by atoms with Gasteiger partial charge >= 0.3 is 6.18 Å². The number of hydrogen-bond acceptors (Lipinski definition) is 4. The van der Waals surface area contributed by atoms with Gasteiger partial charge in [0.15, 0.2) is 5.58 Å². The van der Waals surface area contributed by atoms with E-state index in [1.165, 1.54) is 6.07 Å². The predicted molar refractivity (Wildman–Crippen MR) is 78.7 cm³/mol. The van der Waals surface area contributed by atoms with Gasteiger partial charge in [0.05, 0.1) is 18.2 Å². The number of likely N-dealkylation sites (tertiary alicyclic amines) is 1. The van der Waals surface area contributed by atoms with Gasteiger partial charge in [-0.1, -0.05) is 6.42 Å². The molecule has 1 N–H and O–H groups in total. The molecule has 1 aliphatic rings. The summed E-state index contributed by atoms with van der Waals surface area (Å²) in [5, 5.41) is 9.87. The van der Waals surface area contributed by atoms with Crippen molar-refractivity contribution in [2.24, 2.45) is 0 Å². The first-order valence-electron chi connectivity index (χ1n) is 7.73. The van der Waals surface area contributed by atoms with Gasteiger partial charge in [0, 0.05) is 6.04 Å². The molecule has 2 aromatic rings. The Morgan fingerprint density at radius 1 is 1.39 bits per heavy atom. The molecule has 0 amide bonds. The molecule has 23 heavy (non-hydrogen) atoms. The van der Waals surface area contributed by atoms with Gasteiger partial charge in [0.2, 0.25) is 5.89 Å². The number of aliphatic hydroxyl groups is 1. The summed E-state index contributed by atoms with van der Waals surface area (Å²) < 4.78 is 43.8. The fourth-order valence-electron chi connectivity index (χ4n) is 3.15. The third-order valence-corrected chi connectivity index (χ3v) is 4.32. The van der Waals surface area contributed by atoms with E-state index in [9.17, 15) is 18.3 Å². The molecule has 1 aliphatic heterocycles. The van der Waals surface area contributed by atoms with Crippen molar-refractivity contribution < 1.29 is 22.7 Å². The molecule has 1 fully saturated rings. The highest BCUT2D eigenvalue weighted by molar-refractivity contribution is 5.73. The van der Waals surface area contributed by atoms with Gasteiger partial charge in [0.25, 0.3) is 0 Å². The van der Waals surface area contributed by atoms with Gasteiger partial charge in [-0.15, -0.1) is 0 Å². The Labute approximate surface area is 131 Å². The third kappa shape index (κ3) is 3.50. The maximum absolute atomic E-state index is 12.7. The smallest absolute Gasteiger partial charge is 0.416 e. The van der Waals surface area contributed by atoms with Crippen molar-refractivity contribution in [1.82, 2.24) is 9.88 Å². The number of hydrogen-bond donors (Lipinski definition) is 1. The molecule has 0 aliphatic carbocycles. The SMILES string of the molecule is CC(O)C1CCCCN1Cc1nc2cc(C(F)(F)F)ccc2o1. The largest absolute Gasteiger partial charge is 0.439 e. The zero-order valence-corrected chi connectivity index (χ0v) is 12.8. The van der Waals surface area contributed by atoms with E-state index in [1.54, 1.807) is 6.92 Å². The number of nitrogens with zero attached hydrogens (tertiary/aromatic N) is 2. The highest BCUT2D eigenvalue weighted by atomic mass is 19.4. The van der Waals surface area contributed by atoms with Crippen LogP contribution in [0.5, 0.6) is 0 Å². The molecule has 1 aromatic carbocycles. The number of aliphatic hydroxyl groups excluding tert-OH is 1. The Bertz CT molecular complexity index is 682. The summed E-state index contributed by atoms with van der Waals surface area (Å²) in [5.41, 5.74) is -0.177. The van der Waals surface area contributed by atoms with Crippen LogP contribution >= 0.6 is 0 Å². The number of fused-ring (bicyclic) bond motifs is 1. The minimum atomic E-state index is -4.39. The first kappa shape index (κ1) is 16.3. The van der Waals surface area contributed by atoms with E-state index in [2.05, 4.69) is 9.88 Å². The van der Waals surface area contributed by atoms with Crippen molar-refractivity contribution >= 4 is 11.1 Å². The van der Waals surface area contributed by atoms with Crippen LogP contribution in [0, 0.1) is 0 Å². The Kier molecular flexibility index (Phi) is 4.33. The second-order valence-electron chi connectivity index (χ2n) is 6.06. The standard InChI is InChI=1S/C16H19F3N2O2/c1-10(22)13-4-2-3-7-21(13)9-15-20-12-8-11(16(17,18)19)5-6-14(12)23-15/h5-6,8,10,13,22H,2-4,7,9H2,1H3. The predicted octanol–water partition coefficient (Wildman–Crippen LogP) is 3.58. The Morgan fingerprint density at radius 3 is 2.87 bits per heavy atom. The van der Waals surface area contributed by atoms with Crippen LogP contribution < -0.4 is 0 Å². The molecule has 0 bridgehead atoms. The van der Waals surface area contributed by atoms with Crippen molar-refractivity contribution in [3.8, 4) is 0 Å². The monoisotopic (exact) mass is 328 g/mol. The van der Waals surface area contributed by atoms with E-state index in [-0.39, 0.29) is 11.6 Å². The lowest BCUT2D eigenvalue weighted by Gasteiger charge is -2.36. The summed E-state index contributed by atoms with van der Waals surface area (Å²) in [7, 11) is 0. The topological polar surface area (TPSA) is 49.5 Å². The molecule has 1 saturated heterocycles. The van der Waals surface area contributed by atoms with Gasteiger partial charge in [-0.3, -0.25) is 4.90 Å². The van der Waals surface area contributed by atoms with E-state index in [0.29, 0.717) is 18.0 Å². The molecule has 2 heterocycles. The van der Waals surface area contributed by atoms with Crippen molar-refractivity contribution in [3.63, 3.8) is 0 Å². The normalized spacial score (nSPS) is 21.7. The van der Waals surface area contributed by atoms with E-state index >= 15 is 0 Å². The number of piperidine rings is 1. The molecule has 4 nitrogen and oxygen atoms in total. The van der Waals surface area contributed by atoms with E-state index in [0.717, 1.165) is 37.9 Å². The molecule has 3 rings (SSSR count).